The van der Waals surface area contributed by atoms with Crippen LogP contribution in [0.5, 0.6) is 0 Å². The number of unbranched alkanes of at least 4 members (excludes halogenated alkanes) is 32. The van der Waals surface area contributed by atoms with E-state index in [4.69, 9.17) is 18.9 Å². The van der Waals surface area contributed by atoms with Gasteiger partial charge in [0.2, 0.25) is 0 Å². The third-order valence-electron chi connectivity index (χ3n) is 15.7. The lowest BCUT2D eigenvalue weighted by Gasteiger charge is -2.25. The number of allylic oxidation sites excluding steroid dienone is 20. The molecule has 0 heterocycles. The van der Waals surface area contributed by atoms with Crippen LogP contribution in [-0.2, 0) is 33.3 Å². The Bertz CT molecular complexity index is 1880. The lowest BCUT2D eigenvalue weighted by Crippen LogP contribution is -2.40. The third kappa shape index (κ3) is 71.0. The van der Waals surface area contributed by atoms with Crippen LogP contribution in [0.4, 0.5) is 0 Å². The van der Waals surface area contributed by atoms with Crippen molar-refractivity contribution < 1.29 is 42.9 Å². The minimum Gasteiger partial charge on any atom is -0.477 e. The fraction of sp³-hybridized carbons (Fsp3) is 0.713. The van der Waals surface area contributed by atoms with E-state index < -0.39 is 24.3 Å². The molecule has 2 unspecified atom stereocenters. The van der Waals surface area contributed by atoms with Crippen molar-refractivity contribution in [2.45, 2.75) is 322 Å². The van der Waals surface area contributed by atoms with Gasteiger partial charge in [0.25, 0.3) is 6.29 Å². The van der Waals surface area contributed by atoms with Crippen molar-refractivity contribution in [3.63, 3.8) is 0 Å². The maximum absolute atomic E-state index is 13.0. The molecule has 0 fully saturated rings. The molecule has 510 valence electrons. The lowest BCUT2D eigenvalue weighted by molar-refractivity contribution is -0.870. The molecule has 0 aliphatic rings. The summed E-state index contributed by atoms with van der Waals surface area (Å²) in [6, 6.07) is 0. The molecule has 89 heavy (non-hydrogen) atoms. The normalized spacial score (nSPS) is 13.4. The summed E-state index contributed by atoms with van der Waals surface area (Å²) in [6.07, 6.45) is 96.0. The minimum atomic E-state index is -1.52. The Kier molecular flexibility index (Phi) is 66.2. The quantitative estimate of drug-likeness (QED) is 0.0211. The molecule has 0 aromatic heterocycles. The van der Waals surface area contributed by atoms with Crippen LogP contribution in [-0.4, -0.2) is 87.4 Å². The molecule has 1 N–H and O–H groups in total. The summed E-state index contributed by atoms with van der Waals surface area (Å²) in [6.45, 7) is 4.68. The van der Waals surface area contributed by atoms with E-state index in [1.807, 2.05) is 21.1 Å². The molecular weight excluding hydrogens is 1100 g/mol. The zero-order valence-electron chi connectivity index (χ0n) is 58.3. The van der Waals surface area contributed by atoms with E-state index in [0.717, 1.165) is 103 Å². The van der Waals surface area contributed by atoms with Gasteiger partial charge in [0.15, 0.2) is 6.10 Å². The van der Waals surface area contributed by atoms with Gasteiger partial charge in [0.1, 0.15) is 13.2 Å². The standard InChI is InChI=1S/C80H137NO8/c1-6-8-10-12-14-16-18-20-22-24-26-28-30-32-34-36-38-39-41-43-45-47-49-51-53-55-57-59-61-63-65-67-69-71-78(83)89-76(75-88-80(79(84)85)86-73-72-81(3,4)5)74-87-77(82)70-68-66-64-62-60-58-56-54-52-50-48-46-44-42-40-37-35-33-31-29-27-25-23-21-19-17-15-13-11-9-7-2/h8-11,14-17,20-23,26-29,32-35,76,80H,6-7,12-13,18-19,24-25,30-31,36-75H2,1-5H3/p+1/b10-8-,11-9-,16-14-,17-15-,22-20-,23-21-,28-26-,29-27-,34-32-,35-33-. The second kappa shape index (κ2) is 69.6. The van der Waals surface area contributed by atoms with Gasteiger partial charge in [-0.15, -0.1) is 0 Å². The molecule has 0 radical (unpaired) electrons. The van der Waals surface area contributed by atoms with E-state index in [9.17, 15) is 19.5 Å². The number of carboxylic acid groups (broad SMARTS) is 1. The van der Waals surface area contributed by atoms with Crippen molar-refractivity contribution in [2.24, 2.45) is 0 Å². The first-order valence-corrected chi connectivity index (χ1v) is 36.7. The Balaban J connectivity index is 4.08. The van der Waals surface area contributed by atoms with Crippen molar-refractivity contribution in [3.05, 3.63) is 122 Å². The molecule has 0 saturated heterocycles. The smallest absolute Gasteiger partial charge is 0.361 e. The predicted octanol–water partition coefficient (Wildman–Crippen LogP) is 23.1. The van der Waals surface area contributed by atoms with Gasteiger partial charge in [-0.3, -0.25) is 9.59 Å². The number of aliphatic carboxylic acids is 1. The maximum Gasteiger partial charge on any atom is 0.361 e. The van der Waals surface area contributed by atoms with Crippen LogP contribution in [0.2, 0.25) is 0 Å². The van der Waals surface area contributed by atoms with Crippen LogP contribution in [0.15, 0.2) is 122 Å². The molecule has 0 amide bonds. The van der Waals surface area contributed by atoms with E-state index in [2.05, 4.69) is 135 Å². The molecule has 0 aliphatic carbocycles. The first-order valence-electron chi connectivity index (χ1n) is 36.7. The number of hydrogen-bond acceptors (Lipinski definition) is 7. The molecule has 0 bridgehead atoms. The maximum atomic E-state index is 13.0. The van der Waals surface area contributed by atoms with Crippen molar-refractivity contribution >= 4 is 17.9 Å². The lowest BCUT2D eigenvalue weighted by atomic mass is 10.0. The SMILES string of the molecule is CC/C=C\C/C=C\C/C=C\C/C=C\C/C=C\CCCCCCCCCCCCCCCCCCCC(=O)OC(COC(=O)CCCCCCCCCCCCCCCCC/C=C\C/C=C\C/C=C\C/C=C\C/C=C\CC)COC(OCC[N+](C)(C)C)C(=O)O. The fourth-order valence-corrected chi connectivity index (χ4v) is 10.2. The van der Waals surface area contributed by atoms with Crippen LogP contribution < -0.4 is 0 Å². The second-order valence-corrected chi connectivity index (χ2v) is 25.5. The average molecular weight is 1240 g/mol. The minimum absolute atomic E-state index is 0.184. The Morgan fingerprint density at radius 2 is 0.607 bits per heavy atom. The first kappa shape index (κ1) is 84.7. The molecule has 0 aromatic rings. The molecule has 0 saturated carbocycles. The number of likely N-dealkylation sites (N-methyl/N-ethyl adjacent to an activating group) is 1. The predicted molar refractivity (Wildman–Crippen MR) is 382 cm³/mol. The van der Waals surface area contributed by atoms with Crippen molar-refractivity contribution in [1.82, 2.24) is 0 Å². The Morgan fingerprint density at radius 1 is 0.337 bits per heavy atom. The van der Waals surface area contributed by atoms with Crippen LogP contribution in [0.3, 0.4) is 0 Å². The molecule has 2 atom stereocenters. The number of hydrogen-bond donors (Lipinski definition) is 1. The fourth-order valence-electron chi connectivity index (χ4n) is 10.2. The summed E-state index contributed by atoms with van der Waals surface area (Å²) >= 11 is 0. The third-order valence-corrected chi connectivity index (χ3v) is 15.7. The summed E-state index contributed by atoms with van der Waals surface area (Å²) < 4.78 is 23.0. The van der Waals surface area contributed by atoms with E-state index in [1.165, 1.54) is 180 Å². The van der Waals surface area contributed by atoms with E-state index in [0.29, 0.717) is 17.4 Å². The van der Waals surface area contributed by atoms with Gasteiger partial charge in [-0.05, 0) is 103 Å². The van der Waals surface area contributed by atoms with Gasteiger partial charge < -0.3 is 28.5 Å². The number of carbonyl (C=O) groups excluding carboxylic acids is 2. The highest BCUT2D eigenvalue weighted by Crippen LogP contribution is 2.18. The molecule has 9 heteroatoms. The Morgan fingerprint density at radius 3 is 0.899 bits per heavy atom. The summed E-state index contributed by atoms with van der Waals surface area (Å²) in [5, 5.41) is 9.76. The molecule has 0 spiro atoms. The van der Waals surface area contributed by atoms with Crippen molar-refractivity contribution in [1.29, 1.82) is 0 Å². The van der Waals surface area contributed by atoms with Gasteiger partial charge in [-0.1, -0.05) is 315 Å². The number of esters is 2. The van der Waals surface area contributed by atoms with E-state index in [1.54, 1.807) is 0 Å². The average Bonchev–Trinajstić information content (AvgIpc) is 3.64. The van der Waals surface area contributed by atoms with Crippen LogP contribution in [0.25, 0.3) is 0 Å². The van der Waals surface area contributed by atoms with Gasteiger partial charge in [0, 0.05) is 12.8 Å². The van der Waals surface area contributed by atoms with Gasteiger partial charge in [-0.2, -0.15) is 0 Å². The van der Waals surface area contributed by atoms with Crippen LogP contribution in [0, 0.1) is 0 Å². The molecular formula is C80H138NO8+. The zero-order chi connectivity index (χ0) is 64.7. The Hall–Kier alpha value is -4.31. The van der Waals surface area contributed by atoms with Crippen molar-refractivity contribution in [2.75, 3.05) is 47.5 Å². The number of rotatable bonds is 67. The number of carbonyl (C=O) groups is 3. The van der Waals surface area contributed by atoms with Gasteiger partial charge in [-0.25, -0.2) is 4.79 Å². The monoisotopic (exact) mass is 1240 g/mol. The van der Waals surface area contributed by atoms with Gasteiger partial charge >= 0.3 is 17.9 Å². The first-order chi connectivity index (χ1) is 43.6. The highest BCUT2D eigenvalue weighted by Gasteiger charge is 2.25. The summed E-state index contributed by atoms with van der Waals surface area (Å²) in [5.41, 5.74) is 0. The van der Waals surface area contributed by atoms with Gasteiger partial charge in [0.05, 0.1) is 34.4 Å². The summed E-state index contributed by atoms with van der Waals surface area (Å²) in [7, 11) is 5.98. The van der Waals surface area contributed by atoms with Crippen molar-refractivity contribution in [3.8, 4) is 0 Å². The number of quaternary nitrogens is 1. The highest BCUT2D eigenvalue weighted by molar-refractivity contribution is 5.71. The largest absolute Gasteiger partial charge is 0.477 e. The summed E-state index contributed by atoms with van der Waals surface area (Å²) in [5.74, 6) is -2.00. The van der Waals surface area contributed by atoms with E-state index >= 15 is 0 Å². The molecule has 0 rings (SSSR count). The molecule has 0 aliphatic heterocycles. The Labute approximate surface area is 548 Å². The summed E-state index contributed by atoms with van der Waals surface area (Å²) in [4.78, 5) is 37.7. The van der Waals surface area contributed by atoms with Crippen LogP contribution >= 0.6 is 0 Å². The topological polar surface area (TPSA) is 108 Å². The zero-order valence-corrected chi connectivity index (χ0v) is 58.3. The van der Waals surface area contributed by atoms with Crippen LogP contribution in [0.1, 0.15) is 309 Å². The number of nitrogens with zero attached hydrogens (tertiary/aromatic N) is 1. The molecule has 9 nitrogen and oxygen atoms in total. The number of ether oxygens (including phenoxy) is 4. The van der Waals surface area contributed by atoms with E-state index in [-0.39, 0.29) is 32.2 Å². The highest BCUT2D eigenvalue weighted by atomic mass is 16.7. The molecule has 0 aromatic carbocycles. The number of carboxylic acids is 1. The second-order valence-electron chi connectivity index (χ2n) is 25.5.